The monoisotopic (exact) mass is 406 g/mol. The second-order valence-electron chi connectivity index (χ2n) is 8.33. The minimum absolute atomic E-state index is 0.0321. The Kier molecular flexibility index (Phi) is 5.06. The minimum Gasteiger partial charge on any atom is -0.493 e. The zero-order valence-electron chi connectivity index (χ0n) is 17.4. The molecule has 1 aromatic rings. The SMILES string of the molecule is C=CC[C@]12C[C@@H](OC)[C@H](O)[C@](OC)([C@@H](c3cc(OC)c4c(c3)OCO4)[C@@H]1C)[C@H]2O. The zero-order chi connectivity index (χ0) is 21.0. The van der Waals surface area contributed by atoms with E-state index in [4.69, 9.17) is 23.7 Å². The summed E-state index contributed by atoms with van der Waals surface area (Å²) in [5.74, 6) is 1.36. The van der Waals surface area contributed by atoms with Crippen molar-refractivity contribution >= 4 is 0 Å². The van der Waals surface area contributed by atoms with Gasteiger partial charge in [0.25, 0.3) is 0 Å². The maximum atomic E-state index is 11.6. The van der Waals surface area contributed by atoms with Crippen LogP contribution in [0.2, 0.25) is 0 Å². The van der Waals surface area contributed by atoms with Crippen LogP contribution in [-0.2, 0) is 9.47 Å². The van der Waals surface area contributed by atoms with Crippen molar-refractivity contribution in [2.75, 3.05) is 28.1 Å². The van der Waals surface area contributed by atoms with E-state index >= 15 is 0 Å². The first kappa shape index (κ1) is 20.5. The number of methoxy groups -OCH3 is 3. The van der Waals surface area contributed by atoms with Crippen molar-refractivity contribution in [3.63, 3.8) is 0 Å². The van der Waals surface area contributed by atoms with E-state index in [-0.39, 0.29) is 18.6 Å². The lowest BCUT2D eigenvalue weighted by atomic mass is 9.65. The highest BCUT2D eigenvalue weighted by Gasteiger charge is 2.73. The van der Waals surface area contributed by atoms with Crippen LogP contribution in [0.15, 0.2) is 24.8 Å². The van der Waals surface area contributed by atoms with Gasteiger partial charge < -0.3 is 33.9 Å². The van der Waals surface area contributed by atoms with Gasteiger partial charge in [0.1, 0.15) is 11.7 Å². The molecule has 1 aromatic carbocycles. The predicted octanol–water partition coefficient (Wildman–Crippen LogP) is 2.25. The number of benzene rings is 1. The smallest absolute Gasteiger partial charge is 0.231 e. The van der Waals surface area contributed by atoms with Gasteiger partial charge in [0.2, 0.25) is 12.5 Å². The molecule has 4 rings (SSSR count). The van der Waals surface area contributed by atoms with Gasteiger partial charge in [0, 0.05) is 25.6 Å². The Labute approximate surface area is 171 Å². The molecular weight excluding hydrogens is 376 g/mol. The van der Waals surface area contributed by atoms with Crippen LogP contribution < -0.4 is 14.2 Å². The molecule has 0 spiro atoms. The van der Waals surface area contributed by atoms with E-state index in [1.54, 1.807) is 21.3 Å². The molecule has 0 amide bonds. The quantitative estimate of drug-likeness (QED) is 0.701. The number of rotatable bonds is 6. The molecule has 29 heavy (non-hydrogen) atoms. The van der Waals surface area contributed by atoms with Gasteiger partial charge in [-0.05, 0) is 36.5 Å². The van der Waals surface area contributed by atoms with Crippen molar-refractivity contribution in [2.45, 2.75) is 49.6 Å². The maximum Gasteiger partial charge on any atom is 0.231 e. The fourth-order valence-electron chi connectivity index (χ4n) is 6.11. The highest BCUT2D eigenvalue weighted by Crippen LogP contribution is 2.66. The topological polar surface area (TPSA) is 86.6 Å². The molecule has 0 saturated heterocycles. The number of allylic oxidation sites excluding steroid dienone is 1. The molecule has 7 atom stereocenters. The van der Waals surface area contributed by atoms with E-state index in [2.05, 4.69) is 13.5 Å². The van der Waals surface area contributed by atoms with Crippen LogP contribution in [0.3, 0.4) is 0 Å². The van der Waals surface area contributed by atoms with Crippen molar-refractivity contribution in [1.82, 2.24) is 0 Å². The fourth-order valence-corrected chi connectivity index (χ4v) is 6.11. The first-order chi connectivity index (χ1) is 13.9. The lowest BCUT2D eigenvalue weighted by Gasteiger charge is -2.50. The van der Waals surface area contributed by atoms with E-state index in [1.165, 1.54) is 0 Å². The first-order valence-corrected chi connectivity index (χ1v) is 9.93. The Hall–Kier alpha value is -1.80. The van der Waals surface area contributed by atoms with Crippen LogP contribution in [0.25, 0.3) is 0 Å². The normalized spacial score (nSPS) is 40.1. The van der Waals surface area contributed by atoms with E-state index in [9.17, 15) is 10.2 Å². The molecule has 2 N–H and O–H groups in total. The van der Waals surface area contributed by atoms with Gasteiger partial charge in [0.05, 0.1) is 19.3 Å². The van der Waals surface area contributed by atoms with Crippen molar-refractivity contribution in [3.8, 4) is 17.2 Å². The molecule has 1 aliphatic heterocycles. The number of aliphatic hydroxyl groups is 2. The van der Waals surface area contributed by atoms with E-state index < -0.39 is 29.3 Å². The number of hydrogen-bond acceptors (Lipinski definition) is 7. The summed E-state index contributed by atoms with van der Waals surface area (Å²) in [6.07, 6.45) is 0.579. The molecule has 3 aliphatic rings. The molecule has 160 valence electrons. The third-order valence-corrected chi connectivity index (χ3v) is 7.48. The average molecular weight is 406 g/mol. The van der Waals surface area contributed by atoms with E-state index in [0.717, 1.165) is 5.56 Å². The molecule has 2 saturated carbocycles. The molecule has 2 bridgehead atoms. The molecule has 0 unspecified atom stereocenters. The summed E-state index contributed by atoms with van der Waals surface area (Å²) in [6.45, 7) is 6.14. The van der Waals surface area contributed by atoms with Crippen LogP contribution in [0, 0.1) is 11.3 Å². The molecule has 2 aliphatic carbocycles. The Morgan fingerprint density at radius 3 is 2.62 bits per heavy atom. The van der Waals surface area contributed by atoms with Gasteiger partial charge in [-0.3, -0.25) is 0 Å². The second-order valence-corrected chi connectivity index (χ2v) is 8.33. The number of fused-ring (bicyclic) bond motifs is 3. The third kappa shape index (κ3) is 2.51. The lowest BCUT2D eigenvalue weighted by molar-refractivity contribution is -0.236. The minimum atomic E-state index is -1.24. The number of hydrogen-bond donors (Lipinski definition) is 2. The van der Waals surface area contributed by atoms with Gasteiger partial charge in [-0.1, -0.05) is 13.0 Å². The van der Waals surface area contributed by atoms with Crippen LogP contribution in [-0.4, -0.2) is 62.2 Å². The van der Waals surface area contributed by atoms with Gasteiger partial charge in [-0.2, -0.15) is 0 Å². The summed E-state index contributed by atoms with van der Waals surface area (Å²) in [4.78, 5) is 0. The van der Waals surface area contributed by atoms with Gasteiger partial charge in [-0.15, -0.1) is 6.58 Å². The summed E-state index contributed by atoms with van der Waals surface area (Å²) in [7, 11) is 4.70. The van der Waals surface area contributed by atoms with Crippen molar-refractivity contribution in [2.24, 2.45) is 11.3 Å². The van der Waals surface area contributed by atoms with E-state index in [0.29, 0.717) is 30.1 Å². The van der Waals surface area contributed by atoms with Gasteiger partial charge >= 0.3 is 0 Å². The molecular formula is C22H30O7. The Morgan fingerprint density at radius 2 is 2.00 bits per heavy atom. The standard InChI is InChI=1S/C22H30O7/c1-6-7-21-10-16(26-4)19(23)22(27-5,20(21)24)17(12(21)2)13-8-14(25-3)18-15(9-13)28-11-29-18/h6,8-9,12,16-17,19-20,23-24H,1,7,10-11H2,2-5H3/t12-,16+,17+,19-,20-,21-,22+/m0/s1. The summed E-state index contributed by atoms with van der Waals surface area (Å²) in [5.41, 5.74) is -0.910. The molecule has 0 aromatic heterocycles. The zero-order valence-corrected chi connectivity index (χ0v) is 17.4. The van der Waals surface area contributed by atoms with Crippen molar-refractivity contribution in [1.29, 1.82) is 0 Å². The summed E-state index contributed by atoms with van der Waals surface area (Å²) in [5, 5.41) is 22.9. The first-order valence-electron chi connectivity index (χ1n) is 9.93. The average Bonchev–Trinajstić information content (AvgIpc) is 3.24. The molecule has 0 radical (unpaired) electrons. The van der Waals surface area contributed by atoms with Gasteiger partial charge in [0.15, 0.2) is 11.5 Å². The van der Waals surface area contributed by atoms with Gasteiger partial charge in [-0.25, -0.2) is 0 Å². The molecule has 2 fully saturated rings. The Balaban J connectivity index is 1.92. The number of ether oxygens (including phenoxy) is 5. The Bertz CT molecular complexity index is 796. The highest BCUT2D eigenvalue weighted by atomic mass is 16.7. The second kappa shape index (κ2) is 7.16. The van der Waals surface area contributed by atoms with Crippen molar-refractivity contribution in [3.05, 3.63) is 30.4 Å². The summed E-state index contributed by atoms with van der Waals surface area (Å²) >= 11 is 0. The lowest BCUT2D eigenvalue weighted by Crippen LogP contribution is -2.65. The molecule has 7 heteroatoms. The third-order valence-electron chi connectivity index (χ3n) is 7.48. The largest absolute Gasteiger partial charge is 0.493 e. The highest BCUT2D eigenvalue weighted by molar-refractivity contribution is 5.57. The van der Waals surface area contributed by atoms with Crippen LogP contribution in [0.5, 0.6) is 17.2 Å². The maximum absolute atomic E-state index is 11.6. The van der Waals surface area contributed by atoms with Crippen LogP contribution in [0.4, 0.5) is 0 Å². The van der Waals surface area contributed by atoms with Crippen LogP contribution >= 0.6 is 0 Å². The molecule has 7 nitrogen and oxygen atoms in total. The van der Waals surface area contributed by atoms with Crippen LogP contribution in [0.1, 0.15) is 31.2 Å². The predicted molar refractivity (Wildman–Crippen MR) is 105 cm³/mol. The fraction of sp³-hybridized carbons (Fsp3) is 0.636. The van der Waals surface area contributed by atoms with Crippen molar-refractivity contribution < 1.29 is 33.9 Å². The summed E-state index contributed by atoms with van der Waals surface area (Å²) < 4.78 is 28.3. The molecule has 1 heterocycles. The number of aliphatic hydroxyl groups excluding tert-OH is 2. The summed E-state index contributed by atoms with van der Waals surface area (Å²) in [6, 6.07) is 3.79. The van der Waals surface area contributed by atoms with E-state index in [1.807, 2.05) is 18.2 Å². The Morgan fingerprint density at radius 1 is 1.24 bits per heavy atom.